The molecule has 0 saturated carbocycles. The van der Waals surface area contributed by atoms with E-state index in [-0.39, 0.29) is 12.3 Å². The number of esters is 1. The van der Waals surface area contributed by atoms with Gasteiger partial charge in [-0.15, -0.1) is 17.9 Å². The fraction of sp³-hybridized carbons (Fsp3) is 0.176. The van der Waals surface area contributed by atoms with Gasteiger partial charge in [-0.05, 0) is 19.1 Å². The first-order chi connectivity index (χ1) is 11.7. The van der Waals surface area contributed by atoms with Crippen LogP contribution in [-0.4, -0.2) is 27.5 Å². The SMILES string of the molecule is C=CCNc1nc(C(=O)OCc2nc3ccccc3nc2C)cs1. The molecule has 1 N–H and O–H groups in total. The molecule has 0 saturated heterocycles. The van der Waals surface area contributed by atoms with E-state index in [1.807, 2.05) is 31.2 Å². The summed E-state index contributed by atoms with van der Waals surface area (Å²) in [6.45, 7) is 6.13. The number of hydrogen-bond donors (Lipinski definition) is 1. The summed E-state index contributed by atoms with van der Waals surface area (Å²) >= 11 is 1.35. The van der Waals surface area contributed by atoms with Crippen molar-refractivity contribution in [3.8, 4) is 0 Å². The Kier molecular flexibility index (Phi) is 4.81. The molecule has 122 valence electrons. The summed E-state index contributed by atoms with van der Waals surface area (Å²) in [4.78, 5) is 25.3. The highest BCUT2D eigenvalue weighted by molar-refractivity contribution is 7.13. The number of aryl methyl sites for hydroxylation is 1. The summed E-state index contributed by atoms with van der Waals surface area (Å²) in [5.41, 5.74) is 3.26. The Hall–Kier alpha value is -2.80. The number of anilines is 1. The van der Waals surface area contributed by atoms with Crippen molar-refractivity contribution in [2.75, 3.05) is 11.9 Å². The molecule has 0 aliphatic rings. The van der Waals surface area contributed by atoms with E-state index in [2.05, 4.69) is 26.8 Å². The van der Waals surface area contributed by atoms with Gasteiger partial charge in [0, 0.05) is 11.9 Å². The highest BCUT2D eigenvalue weighted by Crippen LogP contribution is 2.17. The standard InChI is InChI=1S/C17H16N4O2S/c1-3-8-18-17-21-15(10-24-17)16(22)23-9-14-11(2)19-12-6-4-5-7-13(12)20-14/h3-7,10H,1,8-9H2,2H3,(H,18,21). The average Bonchev–Trinajstić information content (AvgIpc) is 3.07. The van der Waals surface area contributed by atoms with Gasteiger partial charge in [0.2, 0.25) is 0 Å². The van der Waals surface area contributed by atoms with Crippen LogP contribution in [0.25, 0.3) is 11.0 Å². The second-order valence-electron chi connectivity index (χ2n) is 5.03. The Morgan fingerprint density at radius 1 is 1.29 bits per heavy atom. The Morgan fingerprint density at radius 2 is 2.04 bits per heavy atom. The first-order valence-electron chi connectivity index (χ1n) is 7.37. The molecular formula is C17H16N4O2S. The van der Waals surface area contributed by atoms with E-state index in [0.29, 0.717) is 17.4 Å². The molecule has 0 aliphatic carbocycles. The van der Waals surface area contributed by atoms with Crippen LogP contribution in [0.5, 0.6) is 0 Å². The van der Waals surface area contributed by atoms with Gasteiger partial charge in [0.15, 0.2) is 10.8 Å². The van der Waals surface area contributed by atoms with Crippen molar-refractivity contribution in [1.82, 2.24) is 15.0 Å². The normalized spacial score (nSPS) is 10.5. The van der Waals surface area contributed by atoms with E-state index in [1.54, 1.807) is 11.5 Å². The Morgan fingerprint density at radius 3 is 2.79 bits per heavy atom. The Bertz CT molecular complexity index is 891. The van der Waals surface area contributed by atoms with Crippen LogP contribution in [0, 0.1) is 6.92 Å². The lowest BCUT2D eigenvalue weighted by molar-refractivity contribution is 0.0461. The molecule has 2 heterocycles. The molecule has 24 heavy (non-hydrogen) atoms. The minimum absolute atomic E-state index is 0.0649. The van der Waals surface area contributed by atoms with Gasteiger partial charge in [-0.25, -0.2) is 19.7 Å². The van der Waals surface area contributed by atoms with Gasteiger partial charge in [0.05, 0.1) is 22.4 Å². The third-order valence-corrected chi connectivity index (χ3v) is 4.09. The number of hydrogen-bond acceptors (Lipinski definition) is 7. The molecule has 0 atom stereocenters. The van der Waals surface area contributed by atoms with E-state index >= 15 is 0 Å². The van der Waals surface area contributed by atoms with Gasteiger partial charge in [0.1, 0.15) is 6.61 Å². The molecule has 0 radical (unpaired) electrons. The number of para-hydroxylation sites is 2. The number of fused-ring (bicyclic) bond motifs is 1. The number of rotatable bonds is 6. The summed E-state index contributed by atoms with van der Waals surface area (Å²) in [7, 11) is 0. The van der Waals surface area contributed by atoms with Crippen LogP contribution in [0.15, 0.2) is 42.3 Å². The second kappa shape index (κ2) is 7.18. The molecule has 0 spiro atoms. The molecule has 0 amide bonds. The maximum absolute atomic E-state index is 12.1. The molecule has 3 aromatic rings. The monoisotopic (exact) mass is 340 g/mol. The molecule has 7 heteroatoms. The zero-order valence-electron chi connectivity index (χ0n) is 13.2. The molecule has 2 aromatic heterocycles. The largest absolute Gasteiger partial charge is 0.454 e. The minimum Gasteiger partial charge on any atom is -0.454 e. The smallest absolute Gasteiger partial charge is 0.358 e. The summed E-state index contributed by atoms with van der Waals surface area (Å²) in [6, 6.07) is 7.59. The number of aromatic nitrogens is 3. The van der Waals surface area contributed by atoms with Crippen LogP contribution in [-0.2, 0) is 11.3 Å². The molecule has 3 rings (SSSR count). The second-order valence-corrected chi connectivity index (χ2v) is 5.89. The predicted octanol–water partition coefficient (Wildman–Crippen LogP) is 3.35. The van der Waals surface area contributed by atoms with Crippen LogP contribution in [0.1, 0.15) is 21.9 Å². The van der Waals surface area contributed by atoms with Crippen molar-refractivity contribution < 1.29 is 9.53 Å². The van der Waals surface area contributed by atoms with E-state index in [0.717, 1.165) is 16.7 Å². The zero-order chi connectivity index (χ0) is 16.9. The first kappa shape index (κ1) is 16.1. The fourth-order valence-electron chi connectivity index (χ4n) is 2.08. The maximum atomic E-state index is 12.1. The van der Waals surface area contributed by atoms with E-state index in [1.165, 1.54) is 11.3 Å². The van der Waals surface area contributed by atoms with Gasteiger partial charge in [-0.3, -0.25) is 0 Å². The van der Waals surface area contributed by atoms with E-state index < -0.39 is 5.97 Å². The van der Waals surface area contributed by atoms with Crippen molar-refractivity contribution >= 4 is 33.5 Å². The lowest BCUT2D eigenvalue weighted by atomic mass is 10.2. The summed E-state index contributed by atoms with van der Waals surface area (Å²) < 4.78 is 5.32. The number of nitrogens with one attached hydrogen (secondary N) is 1. The molecule has 0 unspecified atom stereocenters. The highest BCUT2D eigenvalue weighted by atomic mass is 32.1. The lowest BCUT2D eigenvalue weighted by Crippen LogP contribution is -2.09. The third-order valence-electron chi connectivity index (χ3n) is 3.29. The quantitative estimate of drug-likeness (QED) is 0.548. The molecular weight excluding hydrogens is 324 g/mol. The third kappa shape index (κ3) is 3.57. The molecule has 6 nitrogen and oxygen atoms in total. The van der Waals surface area contributed by atoms with Gasteiger partial charge >= 0.3 is 5.97 Å². The first-order valence-corrected chi connectivity index (χ1v) is 8.25. The van der Waals surface area contributed by atoms with Crippen molar-refractivity contribution in [3.63, 3.8) is 0 Å². The van der Waals surface area contributed by atoms with Crippen LogP contribution >= 0.6 is 11.3 Å². The van der Waals surface area contributed by atoms with E-state index in [9.17, 15) is 4.79 Å². The number of nitrogens with zero attached hydrogens (tertiary/aromatic N) is 3. The fourth-order valence-corrected chi connectivity index (χ4v) is 2.77. The zero-order valence-corrected chi connectivity index (χ0v) is 14.0. The molecule has 0 aliphatic heterocycles. The number of benzene rings is 1. The number of carbonyl (C=O) groups excluding carboxylic acids is 1. The number of ether oxygens (including phenoxy) is 1. The van der Waals surface area contributed by atoms with Gasteiger partial charge in [-0.2, -0.15) is 0 Å². The molecule has 0 bridgehead atoms. The van der Waals surface area contributed by atoms with Crippen molar-refractivity contribution in [2.24, 2.45) is 0 Å². The van der Waals surface area contributed by atoms with Crippen LogP contribution in [0.4, 0.5) is 5.13 Å². The lowest BCUT2D eigenvalue weighted by Gasteiger charge is -2.07. The van der Waals surface area contributed by atoms with E-state index in [4.69, 9.17) is 4.74 Å². The predicted molar refractivity (Wildman–Crippen MR) is 94.2 cm³/mol. The van der Waals surface area contributed by atoms with Gasteiger partial charge < -0.3 is 10.1 Å². The van der Waals surface area contributed by atoms with Crippen LogP contribution in [0.3, 0.4) is 0 Å². The molecule has 1 aromatic carbocycles. The van der Waals surface area contributed by atoms with Gasteiger partial charge in [0.25, 0.3) is 0 Å². The maximum Gasteiger partial charge on any atom is 0.358 e. The summed E-state index contributed by atoms with van der Waals surface area (Å²) in [5.74, 6) is -0.479. The summed E-state index contributed by atoms with van der Waals surface area (Å²) in [5, 5.41) is 5.35. The van der Waals surface area contributed by atoms with Crippen molar-refractivity contribution in [3.05, 3.63) is 59.4 Å². The minimum atomic E-state index is -0.479. The topological polar surface area (TPSA) is 77.0 Å². The average molecular weight is 340 g/mol. The number of carbonyl (C=O) groups is 1. The van der Waals surface area contributed by atoms with Crippen LogP contribution < -0.4 is 5.32 Å². The Balaban J connectivity index is 1.68. The van der Waals surface area contributed by atoms with Gasteiger partial charge in [-0.1, -0.05) is 18.2 Å². The van der Waals surface area contributed by atoms with Crippen LogP contribution in [0.2, 0.25) is 0 Å². The highest BCUT2D eigenvalue weighted by Gasteiger charge is 2.14. The summed E-state index contributed by atoms with van der Waals surface area (Å²) in [6.07, 6.45) is 1.72. The van der Waals surface area contributed by atoms with Crippen molar-refractivity contribution in [1.29, 1.82) is 0 Å². The Labute approximate surface area is 143 Å². The molecule has 0 fully saturated rings. The van der Waals surface area contributed by atoms with Crippen molar-refractivity contribution in [2.45, 2.75) is 13.5 Å². The number of thiazole rings is 1.